The van der Waals surface area contributed by atoms with Crippen molar-refractivity contribution in [1.29, 1.82) is 0 Å². The number of aromatic nitrogens is 1. The Morgan fingerprint density at radius 2 is 2.22 bits per heavy atom. The van der Waals surface area contributed by atoms with Crippen LogP contribution in [0.25, 0.3) is 10.9 Å². The lowest BCUT2D eigenvalue weighted by atomic mass is 10.1. The third-order valence-electron chi connectivity index (χ3n) is 2.71. The first kappa shape index (κ1) is 12.8. The first-order valence-electron chi connectivity index (χ1n) is 5.52. The third kappa shape index (κ3) is 2.06. The quantitative estimate of drug-likeness (QED) is 0.699. The number of rotatable bonds is 3. The van der Waals surface area contributed by atoms with E-state index in [1.807, 2.05) is 19.1 Å². The van der Waals surface area contributed by atoms with Gasteiger partial charge in [-0.15, -0.1) is 0 Å². The minimum Gasteiger partial charge on any atom is -0.461 e. The number of hydrogen-bond acceptors (Lipinski definition) is 3. The van der Waals surface area contributed by atoms with E-state index in [2.05, 4.69) is 20.9 Å². The second-order valence-corrected chi connectivity index (χ2v) is 4.81. The SMILES string of the molecule is CCOC(=O)c1[nH]c2c(C)cc(Br)cc2c1C=O. The number of esters is 1. The number of ether oxygens (including phenoxy) is 1. The molecule has 0 atom stereocenters. The number of carbonyl (C=O) groups is 2. The minimum absolute atomic E-state index is 0.211. The molecule has 1 N–H and O–H groups in total. The molecule has 2 aromatic rings. The van der Waals surface area contributed by atoms with Crippen LogP contribution in [-0.4, -0.2) is 23.8 Å². The molecule has 0 saturated carbocycles. The number of H-pyrrole nitrogens is 1. The lowest BCUT2D eigenvalue weighted by Gasteiger charge is -1.99. The Hall–Kier alpha value is -1.62. The van der Waals surface area contributed by atoms with Gasteiger partial charge in [0, 0.05) is 15.4 Å². The van der Waals surface area contributed by atoms with Crippen molar-refractivity contribution in [3.8, 4) is 0 Å². The van der Waals surface area contributed by atoms with Crippen molar-refractivity contribution in [2.45, 2.75) is 13.8 Å². The van der Waals surface area contributed by atoms with E-state index >= 15 is 0 Å². The van der Waals surface area contributed by atoms with Gasteiger partial charge in [-0.25, -0.2) is 4.79 Å². The van der Waals surface area contributed by atoms with E-state index in [4.69, 9.17) is 4.74 Å². The van der Waals surface area contributed by atoms with Crippen LogP contribution in [0.3, 0.4) is 0 Å². The predicted molar refractivity (Wildman–Crippen MR) is 72.1 cm³/mol. The van der Waals surface area contributed by atoms with Crippen LogP contribution in [0.5, 0.6) is 0 Å². The highest BCUT2D eigenvalue weighted by atomic mass is 79.9. The molecule has 0 aliphatic carbocycles. The van der Waals surface area contributed by atoms with Crippen LogP contribution < -0.4 is 0 Å². The summed E-state index contributed by atoms with van der Waals surface area (Å²) in [5, 5.41) is 0.722. The Morgan fingerprint density at radius 1 is 1.50 bits per heavy atom. The van der Waals surface area contributed by atoms with Crippen LogP contribution in [0.2, 0.25) is 0 Å². The number of benzene rings is 1. The molecule has 1 heterocycles. The number of aldehydes is 1. The summed E-state index contributed by atoms with van der Waals surface area (Å²) in [4.78, 5) is 25.9. The fourth-order valence-corrected chi connectivity index (χ4v) is 2.51. The van der Waals surface area contributed by atoms with Gasteiger partial charge in [0.25, 0.3) is 0 Å². The molecule has 1 aromatic carbocycles. The van der Waals surface area contributed by atoms with Gasteiger partial charge < -0.3 is 9.72 Å². The highest BCUT2D eigenvalue weighted by molar-refractivity contribution is 9.10. The minimum atomic E-state index is -0.508. The number of nitrogens with one attached hydrogen (secondary N) is 1. The molecule has 0 fully saturated rings. The molecule has 18 heavy (non-hydrogen) atoms. The summed E-state index contributed by atoms with van der Waals surface area (Å²) in [6.45, 7) is 3.91. The van der Waals surface area contributed by atoms with Gasteiger partial charge in [0.1, 0.15) is 5.69 Å². The normalized spacial score (nSPS) is 10.6. The molecule has 0 unspecified atom stereocenters. The van der Waals surface area contributed by atoms with Crippen LogP contribution >= 0.6 is 15.9 Å². The molecule has 0 spiro atoms. The van der Waals surface area contributed by atoms with Crippen molar-refractivity contribution in [2.75, 3.05) is 6.61 Å². The molecule has 0 saturated heterocycles. The van der Waals surface area contributed by atoms with E-state index < -0.39 is 5.97 Å². The summed E-state index contributed by atoms with van der Waals surface area (Å²) in [6.07, 6.45) is 0.678. The number of halogens is 1. The lowest BCUT2D eigenvalue weighted by Crippen LogP contribution is -2.07. The molecule has 4 nitrogen and oxygen atoms in total. The summed E-state index contributed by atoms with van der Waals surface area (Å²) in [5.74, 6) is -0.508. The summed E-state index contributed by atoms with van der Waals surface area (Å²) < 4.78 is 5.80. The fourth-order valence-electron chi connectivity index (χ4n) is 1.94. The van der Waals surface area contributed by atoms with Gasteiger partial charge in [-0.05, 0) is 31.5 Å². The standard InChI is InChI=1S/C13H12BrNO3/c1-3-18-13(17)12-10(6-16)9-5-8(14)4-7(2)11(9)15-12/h4-6,15H,3H2,1-2H3. The monoisotopic (exact) mass is 309 g/mol. The van der Waals surface area contributed by atoms with E-state index in [-0.39, 0.29) is 12.3 Å². The molecule has 0 bridgehead atoms. The number of fused-ring (bicyclic) bond motifs is 1. The summed E-state index contributed by atoms with van der Waals surface area (Å²) in [6, 6.07) is 3.73. The topological polar surface area (TPSA) is 59.2 Å². The molecule has 0 radical (unpaired) electrons. The first-order chi connectivity index (χ1) is 8.58. The maximum Gasteiger partial charge on any atom is 0.355 e. The first-order valence-corrected chi connectivity index (χ1v) is 6.32. The van der Waals surface area contributed by atoms with Crippen LogP contribution in [0, 0.1) is 6.92 Å². The fraction of sp³-hybridized carbons (Fsp3) is 0.231. The van der Waals surface area contributed by atoms with Crippen molar-refractivity contribution in [1.82, 2.24) is 4.98 Å². The molecular weight excluding hydrogens is 298 g/mol. The van der Waals surface area contributed by atoms with E-state index in [9.17, 15) is 9.59 Å². The zero-order valence-corrected chi connectivity index (χ0v) is 11.6. The highest BCUT2D eigenvalue weighted by Gasteiger charge is 2.19. The Morgan fingerprint density at radius 3 is 2.83 bits per heavy atom. The molecular formula is C13H12BrNO3. The largest absolute Gasteiger partial charge is 0.461 e. The summed E-state index contributed by atoms with van der Waals surface area (Å²) in [5.41, 5.74) is 2.29. The molecule has 0 amide bonds. The number of aryl methyl sites for hydroxylation is 1. The average molecular weight is 310 g/mol. The number of carbonyl (C=O) groups excluding carboxylic acids is 2. The highest BCUT2D eigenvalue weighted by Crippen LogP contribution is 2.28. The smallest absolute Gasteiger partial charge is 0.355 e. The Balaban J connectivity index is 2.72. The van der Waals surface area contributed by atoms with Crippen LogP contribution in [0.15, 0.2) is 16.6 Å². The second-order valence-electron chi connectivity index (χ2n) is 3.90. The average Bonchev–Trinajstić information content (AvgIpc) is 2.68. The Kier molecular flexibility index (Phi) is 3.52. The molecule has 0 aliphatic heterocycles. The number of hydrogen-bond donors (Lipinski definition) is 1. The van der Waals surface area contributed by atoms with Crippen LogP contribution in [0.1, 0.15) is 33.3 Å². The van der Waals surface area contributed by atoms with Gasteiger partial charge in [0.05, 0.1) is 12.2 Å². The zero-order valence-electron chi connectivity index (χ0n) is 10.0. The Bertz CT molecular complexity index is 631. The van der Waals surface area contributed by atoms with E-state index in [1.165, 1.54) is 0 Å². The molecule has 0 aliphatic rings. The number of aromatic amines is 1. The summed E-state index contributed by atoms with van der Waals surface area (Å²) >= 11 is 3.38. The molecule has 94 valence electrons. The molecule has 2 rings (SSSR count). The summed E-state index contributed by atoms with van der Waals surface area (Å²) in [7, 11) is 0. The zero-order chi connectivity index (χ0) is 13.3. The van der Waals surface area contributed by atoms with Crippen LogP contribution in [0.4, 0.5) is 0 Å². The Labute approximate surface area is 112 Å². The van der Waals surface area contributed by atoms with Crippen LogP contribution in [-0.2, 0) is 4.74 Å². The van der Waals surface area contributed by atoms with Gasteiger partial charge in [-0.1, -0.05) is 15.9 Å². The van der Waals surface area contributed by atoms with E-state index in [0.717, 1.165) is 20.9 Å². The van der Waals surface area contributed by atoms with E-state index in [1.54, 1.807) is 6.92 Å². The van der Waals surface area contributed by atoms with Gasteiger partial charge in [-0.3, -0.25) is 4.79 Å². The molecule has 5 heteroatoms. The van der Waals surface area contributed by atoms with Gasteiger partial charge in [0.2, 0.25) is 0 Å². The van der Waals surface area contributed by atoms with Crippen molar-refractivity contribution in [3.63, 3.8) is 0 Å². The van der Waals surface area contributed by atoms with Gasteiger partial charge >= 0.3 is 5.97 Å². The predicted octanol–water partition coefficient (Wildman–Crippen LogP) is 3.23. The lowest BCUT2D eigenvalue weighted by molar-refractivity contribution is 0.0518. The van der Waals surface area contributed by atoms with Crippen molar-refractivity contribution in [2.24, 2.45) is 0 Å². The van der Waals surface area contributed by atoms with Crippen molar-refractivity contribution >= 4 is 39.1 Å². The van der Waals surface area contributed by atoms with Gasteiger partial charge in [-0.2, -0.15) is 0 Å². The van der Waals surface area contributed by atoms with Crippen molar-refractivity contribution in [3.05, 3.63) is 33.4 Å². The maximum atomic E-state index is 11.8. The van der Waals surface area contributed by atoms with Crippen molar-refractivity contribution < 1.29 is 14.3 Å². The van der Waals surface area contributed by atoms with Gasteiger partial charge in [0.15, 0.2) is 6.29 Å². The molecule has 1 aromatic heterocycles. The maximum absolute atomic E-state index is 11.8. The third-order valence-corrected chi connectivity index (χ3v) is 3.17. The van der Waals surface area contributed by atoms with E-state index in [0.29, 0.717) is 11.8 Å². The second kappa shape index (κ2) is 4.94.